The van der Waals surface area contributed by atoms with E-state index < -0.39 is 0 Å². The van der Waals surface area contributed by atoms with E-state index in [1.807, 2.05) is 18.2 Å². The molecule has 1 fully saturated rings. The van der Waals surface area contributed by atoms with Gasteiger partial charge in [0, 0.05) is 42.4 Å². The number of nitrogens with zero attached hydrogens (tertiary/aromatic N) is 3. The van der Waals surface area contributed by atoms with Gasteiger partial charge in [0.15, 0.2) is 0 Å². The van der Waals surface area contributed by atoms with E-state index >= 15 is 0 Å². The molecule has 0 bridgehead atoms. The summed E-state index contributed by atoms with van der Waals surface area (Å²) in [6.07, 6.45) is 2.33. The number of anilines is 1. The molecule has 0 amide bonds. The Morgan fingerprint density at radius 2 is 2.10 bits per heavy atom. The fraction of sp³-hybridized carbons (Fsp3) is 0.562. The highest BCUT2D eigenvalue weighted by Gasteiger charge is 2.19. The third-order valence-corrected chi connectivity index (χ3v) is 4.56. The molecule has 1 aromatic carbocycles. The summed E-state index contributed by atoms with van der Waals surface area (Å²) in [5.41, 5.74) is 1.77. The fourth-order valence-corrected chi connectivity index (χ4v) is 3.06. The van der Waals surface area contributed by atoms with Crippen molar-refractivity contribution >= 4 is 21.6 Å². The van der Waals surface area contributed by atoms with Crippen LogP contribution in [0.3, 0.4) is 0 Å². The van der Waals surface area contributed by atoms with Gasteiger partial charge in [0.05, 0.1) is 11.6 Å². The molecule has 0 atom stereocenters. The van der Waals surface area contributed by atoms with Crippen LogP contribution in [-0.2, 0) is 0 Å². The van der Waals surface area contributed by atoms with Crippen LogP contribution in [-0.4, -0.2) is 56.1 Å². The van der Waals surface area contributed by atoms with Gasteiger partial charge in [-0.05, 0) is 61.1 Å². The summed E-state index contributed by atoms with van der Waals surface area (Å²) in [5.74, 6) is 0. The number of likely N-dealkylation sites (N-methyl/N-ethyl adjacent to an activating group) is 1. The Labute approximate surface area is 135 Å². The number of nitrogens with one attached hydrogen (secondary N) is 1. The number of hydrogen-bond donors (Lipinski definition) is 1. The molecule has 1 saturated heterocycles. The van der Waals surface area contributed by atoms with Gasteiger partial charge in [-0.25, -0.2) is 0 Å². The average molecular weight is 351 g/mol. The number of halogens is 1. The molecule has 0 saturated carbocycles. The third kappa shape index (κ3) is 4.99. The van der Waals surface area contributed by atoms with Crippen molar-refractivity contribution in [1.29, 1.82) is 5.26 Å². The van der Waals surface area contributed by atoms with E-state index in [1.165, 1.54) is 12.8 Å². The molecular weight excluding hydrogens is 328 g/mol. The van der Waals surface area contributed by atoms with Gasteiger partial charge in [-0.1, -0.05) is 0 Å². The van der Waals surface area contributed by atoms with Gasteiger partial charge in [0.1, 0.15) is 0 Å². The Morgan fingerprint density at radius 1 is 1.38 bits per heavy atom. The van der Waals surface area contributed by atoms with Gasteiger partial charge in [0.25, 0.3) is 0 Å². The van der Waals surface area contributed by atoms with Crippen molar-refractivity contribution in [3.05, 3.63) is 28.2 Å². The number of benzene rings is 1. The van der Waals surface area contributed by atoms with Gasteiger partial charge in [0.2, 0.25) is 0 Å². The monoisotopic (exact) mass is 350 g/mol. The summed E-state index contributed by atoms with van der Waals surface area (Å²) in [6, 6.07) is 8.39. The van der Waals surface area contributed by atoms with E-state index in [2.05, 4.69) is 51.2 Å². The zero-order valence-corrected chi connectivity index (χ0v) is 14.4. The van der Waals surface area contributed by atoms with E-state index in [0.717, 1.165) is 36.3 Å². The van der Waals surface area contributed by atoms with Crippen LogP contribution >= 0.6 is 15.9 Å². The molecule has 4 nitrogen and oxygen atoms in total. The van der Waals surface area contributed by atoms with Crippen molar-refractivity contribution in [2.75, 3.05) is 45.6 Å². The van der Waals surface area contributed by atoms with Crippen LogP contribution < -0.4 is 5.32 Å². The van der Waals surface area contributed by atoms with Crippen LogP contribution in [0, 0.1) is 11.3 Å². The summed E-state index contributed by atoms with van der Waals surface area (Å²) in [4.78, 5) is 4.77. The smallest absolute Gasteiger partial charge is 0.0992 e. The van der Waals surface area contributed by atoms with Crippen molar-refractivity contribution in [2.45, 2.75) is 18.9 Å². The topological polar surface area (TPSA) is 42.3 Å². The standard InChI is InChI=1S/C16H23BrN4/c1-20(2)9-10-21-7-5-14(6-8-21)19-16-4-3-13(12-18)11-15(16)17/h3-4,11,14,19H,5-10H2,1-2H3. The molecule has 1 aliphatic rings. The predicted octanol–water partition coefficient (Wildman–Crippen LogP) is 2.76. The van der Waals surface area contributed by atoms with Crippen molar-refractivity contribution < 1.29 is 0 Å². The molecular formula is C16H23BrN4. The molecule has 0 aliphatic carbocycles. The first-order chi connectivity index (χ1) is 10.1. The first-order valence-electron chi connectivity index (χ1n) is 7.42. The lowest BCUT2D eigenvalue weighted by Gasteiger charge is -2.33. The van der Waals surface area contributed by atoms with Crippen LogP contribution in [0.15, 0.2) is 22.7 Å². The van der Waals surface area contributed by atoms with Crippen LogP contribution in [0.25, 0.3) is 0 Å². The highest BCUT2D eigenvalue weighted by Crippen LogP contribution is 2.26. The minimum absolute atomic E-state index is 0.518. The summed E-state index contributed by atoms with van der Waals surface area (Å²) >= 11 is 3.54. The summed E-state index contributed by atoms with van der Waals surface area (Å²) in [5, 5.41) is 12.5. The van der Waals surface area contributed by atoms with Crippen LogP contribution in [0.2, 0.25) is 0 Å². The fourth-order valence-electron chi connectivity index (χ4n) is 2.56. The first-order valence-corrected chi connectivity index (χ1v) is 8.21. The Balaban J connectivity index is 1.82. The second-order valence-corrected chi connectivity index (χ2v) is 6.72. The summed E-state index contributed by atoms with van der Waals surface area (Å²) in [7, 11) is 4.24. The minimum atomic E-state index is 0.518. The molecule has 0 aromatic heterocycles. The van der Waals surface area contributed by atoms with Gasteiger partial charge in [-0.3, -0.25) is 0 Å². The highest BCUT2D eigenvalue weighted by atomic mass is 79.9. The largest absolute Gasteiger partial charge is 0.381 e. The van der Waals surface area contributed by atoms with E-state index in [-0.39, 0.29) is 0 Å². The Bertz CT molecular complexity index is 501. The van der Waals surface area contributed by atoms with Gasteiger partial charge in [-0.15, -0.1) is 0 Å². The van der Waals surface area contributed by atoms with E-state index in [9.17, 15) is 0 Å². The first kappa shape index (κ1) is 16.3. The van der Waals surface area contributed by atoms with Crippen LogP contribution in [0.4, 0.5) is 5.69 Å². The minimum Gasteiger partial charge on any atom is -0.381 e. The number of rotatable bonds is 5. The molecule has 1 N–H and O–H groups in total. The number of nitriles is 1. The second-order valence-electron chi connectivity index (χ2n) is 5.87. The van der Waals surface area contributed by atoms with Crippen molar-refractivity contribution in [2.24, 2.45) is 0 Å². The zero-order valence-electron chi connectivity index (χ0n) is 12.8. The summed E-state index contributed by atoms with van der Waals surface area (Å²) < 4.78 is 0.969. The van der Waals surface area contributed by atoms with Crippen molar-refractivity contribution in [3.63, 3.8) is 0 Å². The maximum Gasteiger partial charge on any atom is 0.0992 e. The highest BCUT2D eigenvalue weighted by molar-refractivity contribution is 9.10. The second kappa shape index (κ2) is 7.79. The van der Waals surface area contributed by atoms with E-state index in [0.29, 0.717) is 11.6 Å². The van der Waals surface area contributed by atoms with E-state index in [4.69, 9.17) is 5.26 Å². The molecule has 114 valence electrons. The number of piperidine rings is 1. The van der Waals surface area contributed by atoms with Crippen molar-refractivity contribution in [3.8, 4) is 6.07 Å². The van der Waals surface area contributed by atoms with Gasteiger partial charge < -0.3 is 15.1 Å². The summed E-state index contributed by atoms with van der Waals surface area (Å²) in [6.45, 7) is 4.58. The number of likely N-dealkylation sites (tertiary alicyclic amines) is 1. The normalized spacial score (nSPS) is 16.9. The van der Waals surface area contributed by atoms with Crippen molar-refractivity contribution in [1.82, 2.24) is 9.80 Å². The average Bonchev–Trinajstić information content (AvgIpc) is 2.48. The quantitative estimate of drug-likeness (QED) is 0.886. The van der Waals surface area contributed by atoms with E-state index in [1.54, 1.807) is 0 Å². The lowest BCUT2D eigenvalue weighted by Crippen LogP contribution is -2.41. The SMILES string of the molecule is CN(C)CCN1CCC(Nc2ccc(C#N)cc2Br)CC1. The lowest BCUT2D eigenvalue weighted by atomic mass is 10.0. The molecule has 2 rings (SSSR count). The molecule has 1 heterocycles. The molecule has 1 aliphatic heterocycles. The van der Waals surface area contributed by atoms with Crippen LogP contribution in [0.1, 0.15) is 18.4 Å². The molecule has 0 radical (unpaired) electrons. The van der Waals surface area contributed by atoms with Crippen LogP contribution in [0.5, 0.6) is 0 Å². The molecule has 5 heteroatoms. The third-order valence-electron chi connectivity index (χ3n) is 3.91. The maximum absolute atomic E-state index is 8.89. The molecule has 0 spiro atoms. The Morgan fingerprint density at radius 3 is 2.67 bits per heavy atom. The number of hydrogen-bond acceptors (Lipinski definition) is 4. The van der Waals surface area contributed by atoms with Gasteiger partial charge >= 0.3 is 0 Å². The zero-order chi connectivity index (χ0) is 15.2. The Hall–Kier alpha value is -1.09. The molecule has 1 aromatic rings. The van der Waals surface area contributed by atoms with Gasteiger partial charge in [-0.2, -0.15) is 5.26 Å². The Kier molecular flexibility index (Phi) is 6.04. The predicted molar refractivity (Wildman–Crippen MR) is 90.5 cm³/mol. The lowest BCUT2D eigenvalue weighted by molar-refractivity contribution is 0.199. The molecule has 21 heavy (non-hydrogen) atoms. The molecule has 0 unspecified atom stereocenters. The maximum atomic E-state index is 8.89.